The monoisotopic (exact) mass is 255 g/mol. The van der Waals surface area contributed by atoms with Crippen LogP contribution in [0.15, 0.2) is 12.1 Å². The number of nitrogens with two attached hydrogens (primary N) is 1. The molecule has 17 heavy (non-hydrogen) atoms. The van der Waals surface area contributed by atoms with Gasteiger partial charge in [-0.05, 0) is 34.4 Å². The summed E-state index contributed by atoms with van der Waals surface area (Å²) in [6, 6.07) is 4.48. The van der Waals surface area contributed by atoms with E-state index in [-0.39, 0.29) is 23.2 Å². The maximum Gasteiger partial charge on any atom is 0.0381 e. The fraction of sp³-hybridized carbons (Fsp3) is 0.600. The third-order valence-corrected chi connectivity index (χ3v) is 3.06. The van der Waals surface area contributed by atoms with Gasteiger partial charge in [0.25, 0.3) is 0 Å². The van der Waals surface area contributed by atoms with Gasteiger partial charge in [-0.25, -0.2) is 0 Å². The molecule has 0 heterocycles. The maximum atomic E-state index is 6.18. The highest BCUT2D eigenvalue weighted by Crippen LogP contribution is 2.34. The number of nitrogen functional groups attached to an aromatic ring is 1. The molecule has 0 unspecified atom stereocenters. The second-order valence-electron chi connectivity index (χ2n) is 6.75. The molecule has 0 amide bonds. The van der Waals surface area contributed by atoms with Crippen LogP contribution in [0.3, 0.4) is 0 Å². The second-order valence-corrected chi connectivity index (χ2v) is 6.75. The van der Waals surface area contributed by atoms with Crippen molar-refractivity contribution in [3.63, 3.8) is 0 Å². The van der Waals surface area contributed by atoms with Crippen LogP contribution in [0, 0.1) is 6.92 Å². The van der Waals surface area contributed by atoms with Gasteiger partial charge in [-0.15, -0.1) is 12.4 Å². The van der Waals surface area contributed by atoms with Crippen LogP contribution in [0.5, 0.6) is 0 Å². The summed E-state index contributed by atoms with van der Waals surface area (Å²) >= 11 is 0. The van der Waals surface area contributed by atoms with Gasteiger partial charge in [0.1, 0.15) is 0 Å². The lowest BCUT2D eigenvalue weighted by atomic mass is 9.79. The number of benzene rings is 1. The van der Waals surface area contributed by atoms with E-state index in [0.717, 1.165) is 5.69 Å². The zero-order valence-electron chi connectivity index (χ0n) is 12.1. The van der Waals surface area contributed by atoms with Gasteiger partial charge in [-0.1, -0.05) is 53.7 Å². The fourth-order valence-electron chi connectivity index (χ4n) is 1.85. The van der Waals surface area contributed by atoms with Crippen molar-refractivity contribution in [1.29, 1.82) is 0 Å². The van der Waals surface area contributed by atoms with E-state index in [1.165, 1.54) is 16.7 Å². The van der Waals surface area contributed by atoms with Crippen LogP contribution in [-0.4, -0.2) is 0 Å². The number of hydrogen-bond donors (Lipinski definition) is 1. The highest BCUT2D eigenvalue weighted by atomic mass is 35.5. The first kappa shape index (κ1) is 16.3. The predicted molar refractivity (Wildman–Crippen MR) is 80.2 cm³/mol. The molecule has 0 aliphatic heterocycles. The molecule has 98 valence electrons. The van der Waals surface area contributed by atoms with Crippen molar-refractivity contribution in [2.75, 3.05) is 5.73 Å². The molecule has 0 fully saturated rings. The molecule has 0 radical (unpaired) electrons. The first-order chi connectivity index (χ1) is 7.03. The van der Waals surface area contributed by atoms with Gasteiger partial charge in [-0.2, -0.15) is 0 Å². The van der Waals surface area contributed by atoms with Gasteiger partial charge in [0, 0.05) is 5.69 Å². The molecule has 0 saturated carbocycles. The molecule has 2 N–H and O–H groups in total. The summed E-state index contributed by atoms with van der Waals surface area (Å²) in [5.41, 5.74) is 11.2. The topological polar surface area (TPSA) is 26.0 Å². The molecule has 0 saturated heterocycles. The van der Waals surface area contributed by atoms with Crippen LogP contribution in [0.25, 0.3) is 0 Å². The van der Waals surface area contributed by atoms with E-state index >= 15 is 0 Å². The second kappa shape index (κ2) is 4.89. The number of hydrogen-bond acceptors (Lipinski definition) is 1. The Balaban J connectivity index is 0.00000256. The Labute approximate surface area is 112 Å². The van der Waals surface area contributed by atoms with Gasteiger partial charge in [-0.3, -0.25) is 0 Å². The highest BCUT2D eigenvalue weighted by Gasteiger charge is 2.22. The summed E-state index contributed by atoms with van der Waals surface area (Å²) in [4.78, 5) is 0. The molecule has 2 heteroatoms. The van der Waals surface area contributed by atoms with Crippen LogP contribution in [0.4, 0.5) is 5.69 Å². The number of aryl methyl sites for hydroxylation is 1. The average Bonchev–Trinajstić information content (AvgIpc) is 2.05. The molecule has 1 aromatic carbocycles. The zero-order chi connectivity index (χ0) is 12.7. The predicted octanol–water partition coefficient (Wildman–Crippen LogP) is 4.59. The van der Waals surface area contributed by atoms with E-state index in [1.807, 2.05) is 0 Å². The normalized spacial score (nSPS) is 12.2. The van der Waals surface area contributed by atoms with Gasteiger partial charge in [0.2, 0.25) is 0 Å². The van der Waals surface area contributed by atoms with Crippen molar-refractivity contribution in [2.24, 2.45) is 0 Å². The largest absolute Gasteiger partial charge is 0.398 e. The number of rotatable bonds is 0. The minimum absolute atomic E-state index is 0. The van der Waals surface area contributed by atoms with Crippen molar-refractivity contribution < 1.29 is 0 Å². The van der Waals surface area contributed by atoms with Crippen molar-refractivity contribution >= 4 is 18.1 Å². The van der Waals surface area contributed by atoms with Crippen molar-refractivity contribution in [3.8, 4) is 0 Å². The van der Waals surface area contributed by atoms with E-state index < -0.39 is 0 Å². The molecule has 1 nitrogen and oxygen atoms in total. The first-order valence-corrected chi connectivity index (χ1v) is 5.94. The summed E-state index contributed by atoms with van der Waals surface area (Å²) in [7, 11) is 0. The molecule has 0 bridgehead atoms. The Morgan fingerprint density at radius 1 is 0.882 bits per heavy atom. The van der Waals surface area contributed by atoms with Gasteiger partial charge < -0.3 is 5.73 Å². The summed E-state index contributed by atoms with van der Waals surface area (Å²) in [6.45, 7) is 15.5. The zero-order valence-corrected chi connectivity index (χ0v) is 13.0. The molecule has 1 rings (SSSR count). The van der Waals surface area contributed by atoms with Gasteiger partial charge >= 0.3 is 0 Å². The Kier molecular flexibility index (Phi) is 4.70. The summed E-state index contributed by atoms with van der Waals surface area (Å²) < 4.78 is 0. The quantitative estimate of drug-likeness (QED) is 0.674. The Morgan fingerprint density at radius 2 is 1.35 bits per heavy atom. The minimum Gasteiger partial charge on any atom is -0.398 e. The number of halogens is 1. The smallest absolute Gasteiger partial charge is 0.0381 e. The molecule has 0 aliphatic carbocycles. The SMILES string of the molecule is Cc1cc(C(C)(C)C)cc(C(C)(C)C)c1N.Cl. The highest BCUT2D eigenvalue weighted by molar-refractivity contribution is 5.85. The summed E-state index contributed by atoms with van der Waals surface area (Å²) in [5, 5.41) is 0. The minimum atomic E-state index is 0. The van der Waals surface area contributed by atoms with Crippen molar-refractivity contribution in [3.05, 3.63) is 28.8 Å². The van der Waals surface area contributed by atoms with Crippen LogP contribution in [0.2, 0.25) is 0 Å². The average molecular weight is 256 g/mol. The maximum absolute atomic E-state index is 6.18. The van der Waals surface area contributed by atoms with Crippen LogP contribution in [0.1, 0.15) is 58.2 Å². The van der Waals surface area contributed by atoms with E-state index in [2.05, 4.69) is 60.6 Å². The van der Waals surface area contributed by atoms with Crippen LogP contribution >= 0.6 is 12.4 Å². The first-order valence-electron chi connectivity index (χ1n) is 5.94. The standard InChI is InChI=1S/C15H25N.ClH/c1-10-8-11(14(2,3)4)9-12(13(10)16)15(5,6)7;/h8-9H,16H2,1-7H3;1H. The molecular weight excluding hydrogens is 230 g/mol. The van der Waals surface area contributed by atoms with E-state index in [4.69, 9.17) is 5.73 Å². The molecule has 0 atom stereocenters. The van der Waals surface area contributed by atoms with Crippen LogP contribution in [-0.2, 0) is 10.8 Å². The lowest BCUT2D eigenvalue weighted by molar-refractivity contribution is 0.569. The lowest BCUT2D eigenvalue weighted by Gasteiger charge is -2.27. The van der Waals surface area contributed by atoms with E-state index in [1.54, 1.807) is 0 Å². The number of anilines is 1. The third-order valence-electron chi connectivity index (χ3n) is 3.06. The molecule has 1 aromatic rings. The van der Waals surface area contributed by atoms with E-state index in [0.29, 0.717) is 0 Å². The summed E-state index contributed by atoms with van der Waals surface area (Å²) in [6.07, 6.45) is 0. The van der Waals surface area contributed by atoms with Gasteiger partial charge in [0.15, 0.2) is 0 Å². The van der Waals surface area contributed by atoms with Crippen molar-refractivity contribution in [1.82, 2.24) is 0 Å². The van der Waals surface area contributed by atoms with Crippen molar-refractivity contribution in [2.45, 2.75) is 59.3 Å². The lowest BCUT2D eigenvalue weighted by Crippen LogP contribution is -2.19. The van der Waals surface area contributed by atoms with E-state index in [9.17, 15) is 0 Å². The van der Waals surface area contributed by atoms with Crippen LogP contribution < -0.4 is 5.73 Å². The fourth-order valence-corrected chi connectivity index (χ4v) is 1.85. The van der Waals surface area contributed by atoms with Gasteiger partial charge in [0.05, 0.1) is 0 Å². The molecule has 0 spiro atoms. The molecular formula is C15H26ClN. The third kappa shape index (κ3) is 3.64. The molecule has 0 aromatic heterocycles. The summed E-state index contributed by atoms with van der Waals surface area (Å²) in [5.74, 6) is 0. The Hall–Kier alpha value is -0.690. The Morgan fingerprint density at radius 3 is 1.71 bits per heavy atom. The Bertz CT molecular complexity index is 395. The molecule has 0 aliphatic rings.